The van der Waals surface area contributed by atoms with Crippen LogP contribution in [0.2, 0.25) is 25.7 Å². The third-order valence-electron chi connectivity index (χ3n) is 1.12. The molecule has 0 nitrogen and oxygen atoms in total. The average Bonchev–Trinajstić information content (AvgIpc) is 1.78. The molecule has 0 unspecified atom stereocenters. The molecule has 0 rings (SSSR count). The van der Waals surface area contributed by atoms with Crippen molar-refractivity contribution >= 4 is 31.4 Å². The van der Waals surface area contributed by atoms with Crippen LogP contribution in [0.1, 0.15) is 0 Å². The molecule has 0 bridgehead atoms. The van der Waals surface area contributed by atoms with Crippen LogP contribution in [0.5, 0.6) is 0 Å². The van der Waals surface area contributed by atoms with E-state index in [-0.39, 0.29) is 0 Å². The molecule has 0 saturated carbocycles. The molecule has 60 valence electrons. The Morgan fingerprint density at radius 3 is 2.40 bits per heavy atom. The molecule has 0 spiro atoms. The van der Waals surface area contributed by atoms with Gasteiger partial charge in [-0.15, -0.1) is 11.8 Å². The minimum atomic E-state index is -0.805. The van der Waals surface area contributed by atoms with Crippen molar-refractivity contribution in [2.24, 2.45) is 0 Å². The molecule has 0 heterocycles. The minimum absolute atomic E-state index is 0.805. The van der Waals surface area contributed by atoms with Crippen LogP contribution in [0.4, 0.5) is 0 Å². The van der Waals surface area contributed by atoms with Crippen molar-refractivity contribution in [2.45, 2.75) is 25.7 Å². The maximum atomic E-state index is 5.36. The van der Waals surface area contributed by atoms with Gasteiger partial charge in [-0.1, -0.05) is 31.2 Å². The Morgan fingerprint density at radius 1 is 1.40 bits per heavy atom. The normalized spacial score (nSPS) is 12.8. The molecule has 0 aromatic carbocycles. The van der Waals surface area contributed by atoms with E-state index in [9.17, 15) is 0 Å². The van der Waals surface area contributed by atoms with Gasteiger partial charge in [-0.2, -0.15) is 0 Å². The molecule has 0 aromatic rings. The minimum Gasteiger partial charge on any atom is -0.134 e. The summed E-state index contributed by atoms with van der Waals surface area (Å²) < 4.78 is 0. The number of hydrogen-bond acceptors (Lipinski definition) is 1. The van der Waals surface area contributed by atoms with Crippen molar-refractivity contribution in [3.63, 3.8) is 0 Å². The summed E-state index contributed by atoms with van der Waals surface area (Å²) in [5.74, 6) is 1.22. The summed E-state index contributed by atoms with van der Waals surface area (Å²) in [6.45, 7) is 7.16. The van der Waals surface area contributed by atoms with E-state index in [0.29, 0.717) is 0 Å². The van der Waals surface area contributed by atoms with E-state index in [1.54, 1.807) is 17.3 Å². The van der Waals surface area contributed by atoms with Crippen LogP contribution in [-0.4, -0.2) is 13.8 Å². The van der Waals surface area contributed by atoms with Crippen LogP contribution in [0, 0.1) is 0 Å². The van der Waals surface area contributed by atoms with Gasteiger partial charge in [0, 0.05) is 13.6 Å². The molecule has 0 aliphatic carbocycles. The van der Waals surface area contributed by atoms with Crippen LogP contribution in [0.25, 0.3) is 0 Å². The third kappa shape index (κ3) is 8.60. The fourth-order valence-electron chi connectivity index (χ4n) is 0.470. The molecule has 0 N–H and O–H groups in total. The van der Waals surface area contributed by atoms with Gasteiger partial charge in [0.25, 0.3) is 0 Å². The Labute approximate surface area is 74.0 Å². The van der Waals surface area contributed by atoms with Gasteiger partial charge < -0.3 is 0 Å². The van der Waals surface area contributed by atoms with Gasteiger partial charge in [0.1, 0.15) is 0 Å². The first-order chi connectivity index (χ1) is 4.56. The first-order valence-corrected chi connectivity index (χ1v) is 8.62. The summed E-state index contributed by atoms with van der Waals surface area (Å²) in [5, 5.41) is 1.95. The van der Waals surface area contributed by atoms with E-state index < -0.39 is 8.07 Å². The zero-order valence-corrected chi connectivity index (χ0v) is 9.43. The number of hydrogen-bond donors (Lipinski definition) is 0. The van der Waals surface area contributed by atoms with Gasteiger partial charge in [-0.25, -0.2) is 0 Å². The zero-order valence-electron chi connectivity index (χ0n) is 6.86. The second kappa shape index (κ2) is 5.27. The molecular weight excluding hydrogens is 180 g/mol. The highest BCUT2D eigenvalue weighted by Crippen LogP contribution is 2.14. The molecule has 0 aliphatic rings. The van der Waals surface area contributed by atoms with Crippen LogP contribution in [-0.2, 0) is 0 Å². The quantitative estimate of drug-likeness (QED) is 0.485. The van der Waals surface area contributed by atoms with E-state index in [1.165, 1.54) is 11.8 Å². The Balaban J connectivity index is 3.20. The lowest BCUT2D eigenvalue weighted by Gasteiger charge is -2.13. The zero-order chi connectivity index (χ0) is 8.04. The maximum Gasteiger partial charge on any atom is 0.0450 e. The molecule has 0 fully saturated rings. The van der Waals surface area contributed by atoms with Gasteiger partial charge in [-0.3, -0.25) is 0 Å². The van der Waals surface area contributed by atoms with Crippen molar-refractivity contribution < 1.29 is 0 Å². The van der Waals surface area contributed by atoms with E-state index in [2.05, 4.69) is 19.6 Å². The molecule has 0 radical (unpaired) electrons. The third-order valence-corrected chi connectivity index (χ3v) is 4.27. The summed E-state index contributed by atoms with van der Waals surface area (Å²) in [6.07, 6.45) is 0. The van der Waals surface area contributed by atoms with Gasteiger partial charge in [-0.05, 0) is 17.2 Å². The predicted octanol–water partition coefficient (Wildman–Crippen LogP) is 3.77. The van der Waals surface area contributed by atoms with Crippen LogP contribution in [0.15, 0.2) is 10.9 Å². The van der Waals surface area contributed by atoms with Crippen molar-refractivity contribution in [1.82, 2.24) is 0 Å². The lowest BCUT2D eigenvalue weighted by molar-refractivity contribution is 1.38. The average molecular weight is 195 g/mol. The summed E-state index contributed by atoms with van der Waals surface area (Å²) >= 11 is 7.16. The van der Waals surface area contributed by atoms with Crippen LogP contribution in [0.3, 0.4) is 0 Å². The van der Waals surface area contributed by atoms with Gasteiger partial charge in [0.05, 0.1) is 0 Å². The molecule has 0 saturated heterocycles. The molecule has 0 amide bonds. The van der Waals surface area contributed by atoms with E-state index >= 15 is 0 Å². The second-order valence-corrected chi connectivity index (χ2v) is 10.3. The summed E-state index contributed by atoms with van der Waals surface area (Å²) in [6, 6.07) is 1.37. The van der Waals surface area contributed by atoms with Crippen LogP contribution >= 0.6 is 23.4 Å². The summed E-state index contributed by atoms with van der Waals surface area (Å²) in [5.41, 5.74) is 1.58. The first-order valence-electron chi connectivity index (χ1n) is 3.43. The second-order valence-electron chi connectivity index (χ2n) is 3.44. The molecule has 0 aliphatic heterocycles. The number of halogens is 1. The highest BCUT2D eigenvalue weighted by Gasteiger charge is 2.10. The van der Waals surface area contributed by atoms with Crippen molar-refractivity contribution in [2.75, 3.05) is 5.75 Å². The lowest BCUT2D eigenvalue weighted by Crippen LogP contribution is -2.19. The largest absolute Gasteiger partial charge is 0.134 e. The van der Waals surface area contributed by atoms with Crippen molar-refractivity contribution in [3.05, 3.63) is 10.9 Å². The molecule has 10 heavy (non-hydrogen) atoms. The fourth-order valence-corrected chi connectivity index (χ4v) is 3.82. The van der Waals surface area contributed by atoms with E-state index in [1.807, 2.05) is 5.41 Å². The monoisotopic (exact) mass is 194 g/mol. The Morgan fingerprint density at radius 2 is 2.00 bits per heavy atom. The smallest absolute Gasteiger partial charge is 0.0450 e. The first kappa shape index (κ1) is 10.6. The van der Waals surface area contributed by atoms with Gasteiger partial charge in [0.2, 0.25) is 0 Å². The SMILES string of the molecule is C[Si](C)(C)CCS/C=C\Cl. The van der Waals surface area contributed by atoms with Crippen molar-refractivity contribution in [3.8, 4) is 0 Å². The van der Waals surface area contributed by atoms with Gasteiger partial charge >= 0.3 is 0 Å². The fraction of sp³-hybridized carbons (Fsp3) is 0.714. The highest BCUT2D eigenvalue weighted by molar-refractivity contribution is 8.02. The Bertz CT molecular complexity index is 107. The van der Waals surface area contributed by atoms with Crippen LogP contribution < -0.4 is 0 Å². The standard InChI is InChI=1S/C7H15ClSSi/c1-10(2,3)7-6-9-5-4-8/h4-5H,6-7H2,1-3H3/b5-4-. The molecule has 0 atom stereocenters. The molecular formula is C7H15ClSSi. The van der Waals surface area contributed by atoms with Gasteiger partial charge in [0.15, 0.2) is 0 Å². The lowest BCUT2D eigenvalue weighted by atomic mass is 11.0. The van der Waals surface area contributed by atoms with Crippen molar-refractivity contribution in [1.29, 1.82) is 0 Å². The molecule has 3 heteroatoms. The van der Waals surface area contributed by atoms with E-state index in [0.717, 1.165) is 0 Å². The maximum absolute atomic E-state index is 5.36. The predicted molar refractivity (Wildman–Crippen MR) is 55.6 cm³/mol. The number of rotatable bonds is 4. The summed E-state index contributed by atoms with van der Waals surface area (Å²) in [4.78, 5) is 0. The Hall–Kier alpha value is 0.597. The summed E-state index contributed by atoms with van der Waals surface area (Å²) in [7, 11) is -0.805. The number of thioether (sulfide) groups is 1. The molecule has 0 aromatic heterocycles. The van der Waals surface area contributed by atoms with E-state index in [4.69, 9.17) is 11.6 Å². The Kier molecular flexibility index (Phi) is 5.59. The topological polar surface area (TPSA) is 0 Å². The highest BCUT2D eigenvalue weighted by atomic mass is 35.5.